The molecule has 0 saturated carbocycles. The topological polar surface area (TPSA) is 96.1 Å². The Morgan fingerprint density at radius 2 is 2.15 bits per heavy atom. The average Bonchev–Trinajstić information content (AvgIpc) is 2.88. The molecule has 1 saturated heterocycles. The molecule has 0 amide bonds. The molecule has 2 atom stereocenters. The second-order valence-corrected chi connectivity index (χ2v) is 5.48. The fourth-order valence-corrected chi connectivity index (χ4v) is 2.74. The van der Waals surface area contributed by atoms with Crippen molar-refractivity contribution >= 4 is 17.4 Å². The maximum atomic E-state index is 9.26. The van der Waals surface area contributed by atoms with Crippen LogP contribution in [0.2, 0.25) is 0 Å². The Labute approximate surface area is 117 Å². The predicted octanol–water partition coefficient (Wildman–Crippen LogP) is 1.20. The van der Waals surface area contributed by atoms with Crippen LogP contribution in [0.4, 0.5) is 11.8 Å². The summed E-state index contributed by atoms with van der Waals surface area (Å²) < 4.78 is 1.71. The lowest BCUT2D eigenvalue weighted by Crippen LogP contribution is -2.42. The number of fused-ring (bicyclic) bond motifs is 1. The van der Waals surface area contributed by atoms with Gasteiger partial charge >= 0.3 is 0 Å². The summed E-state index contributed by atoms with van der Waals surface area (Å²) in [7, 11) is 0. The number of nitrogen functional groups attached to an aromatic ring is 1. The molecule has 2 aromatic rings. The SMILES string of the molecule is C[C@@H]1CC[C@H](C)N(c2nnc3c(N)ncc([11C]#N)n23)C1. The first-order chi connectivity index (χ1) is 9.61. The normalized spacial score (nSPS) is 22.9. The summed E-state index contributed by atoms with van der Waals surface area (Å²) in [4.78, 5) is 6.19. The van der Waals surface area contributed by atoms with Crippen LogP contribution in [0.1, 0.15) is 32.4 Å². The Bertz CT molecular complexity index is 684. The number of hydrogen-bond acceptors (Lipinski definition) is 6. The highest BCUT2D eigenvalue weighted by Crippen LogP contribution is 2.27. The van der Waals surface area contributed by atoms with Crippen LogP contribution in [0.15, 0.2) is 6.20 Å². The Hall–Kier alpha value is -2.36. The molecule has 20 heavy (non-hydrogen) atoms. The van der Waals surface area contributed by atoms with Gasteiger partial charge in [0.2, 0.25) is 11.6 Å². The lowest BCUT2D eigenvalue weighted by molar-refractivity contribution is 0.385. The van der Waals surface area contributed by atoms with Gasteiger partial charge in [0.05, 0.1) is 6.20 Å². The highest BCUT2D eigenvalue weighted by Gasteiger charge is 2.27. The predicted molar refractivity (Wildman–Crippen MR) is 75.1 cm³/mol. The summed E-state index contributed by atoms with van der Waals surface area (Å²) in [5.74, 6) is 1.58. The van der Waals surface area contributed by atoms with Gasteiger partial charge in [-0.05, 0) is 25.7 Å². The zero-order valence-corrected chi connectivity index (χ0v) is 11.6. The number of anilines is 2. The molecule has 0 aromatic carbocycles. The van der Waals surface area contributed by atoms with E-state index in [4.69, 9.17) is 5.73 Å². The van der Waals surface area contributed by atoms with Gasteiger partial charge < -0.3 is 10.6 Å². The van der Waals surface area contributed by atoms with Gasteiger partial charge in [-0.3, -0.25) is 0 Å². The van der Waals surface area contributed by atoms with Crippen molar-refractivity contribution in [2.24, 2.45) is 5.92 Å². The maximum Gasteiger partial charge on any atom is 0.233 e. The van der Waals surface area contributed by atoms with E-state index in [1.54, 1.807) is 4.40 Å². The largest absolute Gasteiger partial charge is 0.381 e. The molecule has 0 bridgehead atoms. The second-order valence-electron chi connectivity index (χ2n) is 5.48. The quantitative estimate of drug-likeness (QED) is 0.836. The molecule has 0 radical (unpaired) electrons. The summed E-state index contributed by atoms with van der Waals surface area (Å²) in [6.07, 6.45) is 3.79. The lowest BCUT2D eigenvalue weighted by Gasteiger charge is -2.36. The van der Waals surface area contributed by atoms with Crippen molar-refractivity contribution < 1.29 is 0 Å². The number of nitriles is 1. The molecule has 0 spiro atoms. The minimum atomic E-state index is 0.292. The summed E-state index contributed by atoms with van der Waals surface area (Å²) in [6, 6.07) is 2.50. The van der Waals surface area contributed by atoms with E-state index in [1.807, 2.05) is 0 Å². The highest BCUT2D eigenvalue weighted by molar-refractivity contribution is 5.64. The summed E-state index contributed by atoms with van der Waals surface area (Å²) >= 11 is 0. The molecule has 1 aliphatic heterocycles. The molecule has 7 heteroatoms. The lowest BCUT2D eigenvalue weighted by atomic mass is 9.95. The highest BCUT2D eigenvalue weighted by atomic mass is 15.4. The molecule has 7 nitrogen and oxygen atoms in total. The maximum absolute atomic E-state index is 9.26. The van der Waals surface area contributed by atoms with Crippen LogP contribution in [-0.4, -0.2) is 32.2 Å². The van der Waals surface area contributed by atoms with Crippen molar-refractivity contribution in [3.8, 4) is 6.07 Å². The van der Waals surface area contributed by atoms with Crippen molar-refractivity contribution in [3.05, 3.63) is 11.9 Å². The number of nitrogens with two attached hydrogens (primary N) is 1. The number of nitrogens with zero attached hydrogens (tertiary/aromatic N) is 6. The standard InChI is InChI=1S/C13H17N7/c1-8-3-4-9(2)19(7-8)13-18-17-12-11(15)16-6-10(5-14)20(12)13/h6,8-9H,3-4,7H2,1-2H3,(H2,15,16)/t8-,9+/m1/s1/i5-1. The van der Waals surface area contributed by atoms with Crippen LogP contribution in [-0.2, 0) is 0 Å². The van der Waals surface area contributed by atoms with Crippen LogP contribution in [0.3, 0.4) is 0 Å². The van der Waals surface area contributed by atoms with Crippen LogP contribution in [0.5, 0.6) is 0 Å². The molecular weight excluding hydrogens is 253 g/mol. The first-order valence-electron chi connectivity index (χ1n) is 6.78. The van der Waals surface area contributed by atoms with Gasteiger partial charge in [-0.15, -0.1) is 10.2 Å². The third-order valence-corrected chi connectivity index (χ3v) is 3.93. The summed E-state index contributed by atoms with van der Waals surface area (Å²) in [5.41, 5.74) is 6.67. The Morgan fingerprint density at radius 1 is 1.35 bits per heavy atom. The van der Waals surface area contributed by atoms with Crippen molar-refractivity contribution in [1.29, 1.82) is 5.26 Å². The molecule has 0 unspecified atom stereocenters. The Morgan fingerprint density at radius 3 is 2.90 bits per heavy atom. The van der Waals surface area contributed by atoms with E-state index in [9.17, 15) is 5.26 Å². The first-order valence-corrected chi connectivity index (χ1v) is 6.78. The van der Waals surface area contributed by atoms with Crippen molar-refractivity contribution in [2.75, 3.05) is 17.2 Å². The second kappa shape index (κ2) is 4.63. The third-order valence-electron chi connectivity index (χ3n) is 3.93. The Balaban J connectivity index is 2.17. The summed E-state index contributed by atoms with van der Waals surface area (Å²) in [5, 5.41) is 17.6. The number of hydrogen-bond donors (Lipinski definition) is 1. The fourth-order valence-electron chi connectivity index (χ4n) is 2.74. The van der Waals surface area contributed by atoms with Gasteiger partial charge in [0, 0.05) is 12.6 Å². The van der Waals surface area contributed by atoms with Crippen molar-refractivity contribution in [1.82, 2.24) is 19.6 Å². The van der Waals surface area contributed by atoms with Crippen LogP contribution in [0, 0.1) is 17.2 Å². The van der Waals surface area contributed by atoms with Crippen LogP contribution >= 0.6 is 0 Å². The molecular formula is C13H17N7. The molecule has 104 valence electrons. The zero-order valence-electron chi connectivity index (χ0n) is 11.6. The van der Waals surface area contributed by atoms with Gasteiger partial charge in [-0.25, -0.2) is 9.38 Å². The number of rotatable bonds is 1. The zero-order chi connectivity index (χ0) is 14.3. The molecule has 2 N–H and O–H groups in total. The minimum absolute atomic E-state index is 0.292. The van der Waals surface area contributed by atoms with Crippen molar-refractivity contribution in [2.45, 2.75) is 32.7 Å². The molecule has 2 aromatic heterocycles. The molecule has 1 aliphatic rings. The van der Waals surface area contributed by atoms with E-state index in [1.165, 1.54) is 12.6 Å². The first kappa shape index (κ1) is 12.7. The van der Waals surface area contributed by atoms with Crippen LogP contribution in [0.25, 0.3) is 5.65 Å². The van der Waals surface area contributed by atoms with Gasteiger partial charge in [-0.1, -0.05) is 6.92 Å². The van der Waals surface area contributed by atoms with E-state index in [0.717, 1.165) is 13.0 Å². The molecule has 0 aliphatic carbocycles. The van der Waals surface area contributed by atoms with E-state index in [0.29, 0.717) is 35.1 Å². The van der Waals surface area contributed by atoms with Crippen LogP contribution < -0.4 is 10.6 Å². The molecule has 3 rings (SSSR count). The van der Waals surface area contributed by atoms with Gasteiger partial charge in [-0.2, -0.15) is 5.26 Å². The van der Waals surface area contributed by atoms with Gasteiger partial charge in [0.15, 0.2) is 5.82 Å². The third kappa shape index (κ3) is 1.84. The van der Waals surface area contributed by atoms with Crippen molar-refractivity contribution in [3.63, 3.8) is 0 Å². The number of aromatic nitrogens is 4. The Kier molecular flexibility index (Phi) is 2.93. The van der Waals surface area contributed by atoms with E-state index in [2.05, 4.69) is 40.0 Å². The number of piperidine rings is 1. The van der Waals surface area contributed by atoms with E-state index >= 15 is 0 Å². The molecule has 1 fully saturated rings. The monoisotopic (exact) mass is 270 g/mol. The average molecular weight is 270 g/mol. The van der Waals surface area contributed by atoms with E-state index in [-0.39, 0.29) is 0 Å². The smallest absolute Gasteiger partial charge is 0.233 e. The minimum Gasteiger partial charge on any atom is -0.381 e. The molecule has 3 heterocycles. The van der Waals surface area contributed by atoms with Gasteiger partial charge in [0.25, 0.3) is 0 Å². The van der Waals surface area contributed by atoms with E-state index < -0.39 is 0 Å². The summed E-state index contributed by atoms with van der Waals surface area (Å²) in [6.45, 7) is 5.31. The fraction of sp³-hybridized carbons (Fsp3) is 0.538. The van der Waals surface area contributed by atoms with Gasteiger partial charge in [0.1, 0.15) is 11.8 Å².